The lowest BCUT2D eigenvalue weighted by atomic mass is 10.1. The summed E-state index contributed by atoms with van der Waals surface area (Å²) in [5, 5.41) is 11.2. The van der Waals surface area contributed by atoms with Gasteiger partial charge in [-0.15, -0.1) is 0 Å². The lowest BCUT2D eigenvalue weighted by molar-refractivity contribution is -0.138. The number of carboxylic acids is 1. The summed E-state index contributed by atoms with van der Waals surface area (Å²) in [6.07, 6.45) is -4.63. The summed E-state index contributed by atoms with van der Waals surface area (Å²) in [4.78, 5) is 11.3. The van der Waals surface area contributed by atoms with Gasteiger partial charge in [0, 0.05) is 5.69 Å². The molecule has 0 radical (unpaired) electrons. The normalized spacial score (nSPS) is 13.0. The van der Waals surface area contributed by atoms with E-state index in [9.17, 15) is 23.1 Å². The van der Waals surface area contributed by atoms with Crippen molar-refractivity contribution < 1.29 is 27.5 Å². The smallest absolute Gasteiger partial charge is 0.417 e. The first-order chi connectivity index (χ1) is 10.2. The fourth-order valence-electron chi connectivity index (χ4n) is 1.86. The Balaban J connectivity index is 2.33. The van der Waals surface area contributed by atoms with E-state index in [-0.39, 0.29) is 11.4 Å². The Labute approximate surface area is 128 Å². The molecule has 2 aromatic rings. The quantitative estimate of drug-likeness (QED) is 0.865. The molecule has 1 atom stereocenters. The Bertz CT molecular complexity index is 697. The minimum Gasteiger partial charge on any atom is -0.479 e. The van der Waals surface area contributed by atoms with Crippen molar-refractivity contribution in [3.63, 3.8) is 0 Å². The molecule has 8 heteroatoms. The molecule has 0 bridgehead atoms. The largest absolute Gasteiger partial charge is 0.479 e. The summed E-state index contributed by atoms with van der Waals surface area (Å²) in [6.45, 7) is 1.63. The van der Waals surface area contributed by atoms with Gasteiger partial charge in [-0.1, -0.05) is 11.6 Å². The van der Waals surface area contributed by atoms with Crippen molar-refractivity contribution in [2.24, 2.45) is 0 Å². The zero-order valence-corrected chi connectivity index (χ0v) is 12.0. The van der Waals surface area contributed by atoms with Crippen LogP contribution in [0.3, 0.4) is 0 Å². The Morgan fingerprint density at radius 1 is 1.32 bits per heavy atom. The number of alkyl halides is 3. The number of aliphatic carboxylic acids is 1. The predicted molar refractivity (Wildman–Crippen MR) is 73.9 cm³/mol. The second kappa shape index (κ2) is 5.92. The van der Waals surface area contributed by atoms with Gasteiger partial charge in [-0.2, -0.15) is 13.2 Å². The molecule has 22 heavy (non-hydrogen) atoms. The number of nitrogens with one attached hydrogen (secondary N) is 1. The van der Waals surface area contributed by atoms with Crippen LogP contribution >= 0.6 is 11.6 Å². The monoisotopic (exact) mass is 333 g/mol. The molecular weight excluding hydrogens is 323 g/mol. The van der Waals surface area contributed by atoms with E-state index in [4.69, 9.17) is 16.0 Å². The van der Waals surface area contributed by atoms with Gasteiger partial charge in [-0.25, -0.2) is 4.79 Å². The van der Waals surface area contributed by atoms with Crippen LogP contribution in [0.1, 0.15) is 23.1 Å². The van der Waals surface area contributed by atoms with Crippen molar-refractivity contribution in [1.29, 1.82) is 0 Å². The average Bonchev–Trinajstić information content (AvgIpc) is 2.82. The Hall–Kier alpha value is -2.15. The van der Waals surface area contributed by atoms with Crippen molar-refractivity contribution in [3.05, 3.63) is 52.4 Å². The molecule has 0 spiro atoms. The fraction of sp³-hybridized carbons (Fsp3) is 0.214. The summed E-state index contributed by atoms with van der Waals surface area (Å²) in [5.74, 6) is -0.693. The number of rotatable bonds is 4. The second-order valence-corrected chi connectivity index (χ2v) is 4.96. The lowest BCUT2D eigenvalue weighted by Gasteiger charge is -2.16. The van der Waals surface area contributed by atoms with E-state index < -0.39 is 28.8 Å². The third-order valence-electron chi connectivity index (χ3n) is 2.88. The van der Waals surface area contributed by atoms with E-state index in [0.29, 0.717) is 5.76 Å². The van der Waals surface area contributed by atoms with Gasteiger partial charge in [-0.05, 0) is 37.3 Å². The molecule has 4 nitrogen and oxygen atoms in total. The fourth-order valence-corrected chi connectivity index (χ4v) is 2.09. The molecule has 118 valence electrons. The van der Waals surface area contributed by atoms with E-state index in [1.807, 2.05) is 0 Å². The van der Waals surface area contributed by atoms with Crippen LogP contribution in [0.15, 0.2) is 34.7 Å². The van der Waals surface area contributed by atoms with Crippen LogP contribution in [-0.4, -0.2) is 11.1 Å². The van der Waals surface area contributed by atoms with Crippen LogP contribution in [-0.2, 0) is 11.0 Å². The zero-order valence-electron chi connectivity index (χ0n) is 11.2. The van der Waals surface area contributed by atoms with Crippen LogP contribution in [0.25, 0.3) is 0 Å². The van der Waals surface area contributed by atoms with Crippen LogP contribution < -0.4 is 5.32 Å². The van der Waals surface area contributed by atoms with E-state index in [2.05, 4.69) is 5.32 Å². The van der Waals surface area contributed by atoms with Crippen LogP contribution in [0, 0.1) is 6.92 Å². The first-order valence-electron chi connectivity index (χ1n) is 6.11. The van der Waals surface area contributed by atoms with Crippen molar-refractivity contribution in [3.8, 4) is 0 Å². The number of anilines is 1. The number of aryl methyl sites for hydroxylation is 1. The number of halogens is 4. The maximum atomic E-state index is 12.8. The SMILES string of the molecule is Cc1ccc(C(Nc2ccc(Cl)c(C(F)(F)F)c2)C(=O)O)o1. The molecule has 0 fully saturated rings. The highest BCUT2D eigenvalue weighted by Gasteiger charge is 2.34. The Morgan fingerprint density at radius 2 is 2.00 bits per heavy atom. The van der Waals surface area contributed by atoms with Crippen LogP contribution in [0.5, 0.6) is 0 Å². The van der Waals surface area contributed by atoms with Crippen LogP contribution in [0.4, 0.5) is 18.9 Å². The second-order valence-electron chi connectivity index (χ2n) is 4.56. The number of carboxylic acid groups (broad SMARTS) is 1. The molecule has 0 saturated heterocycles. The lowest BCUT2D eigenvalue weighted by Crippen LogP contribution is -2.20. The summed E-state index contributed by atoms with van der Waals surface area (Å²) < 4.78 is 43.6. The van der Waals surface area contributed by atoms with Crippen molar-refractivity contribution in [2.75, 3.05) is 5.32 Å². The molecular formula is C14H11ClF3NO3. The molecule has 0 amide bonds. The third kappa shape index (κ3) is 3.54. The minimum atomic E-state index is -4.63. The maximum absolute atomic E-state index is 12.8. The molecule has 0 aliphatic carbocycles. The summed E-state index contributed by atoms with van der Waals surface area (Å²) >= 11 is 5.52. The third-order valence-corrected chi connectivity index (χ3v) is 3.20. The number of hydrogen-bond acceptors (Lipinski definition) is 3. The first kappa shape index (κ1) is 16.2. The zero-order chi connectivity index (χ0) is 16.5. The van der Waals surface area contributed by atoms with Gasteiger partial charge in [0.25, 0.3) is 0 Å². The van der Waals surface area contributed by atoms with Crippen molar-refractivity contribution >= 4 is 23.3 Å². The van der Waals surface area contributed by atoms with Gasteiger partial charge in [-0.3, -0.25) is 0 Å². The number of hydrogen-bond donors (Lipinski definition) is 2. The Kier molecular flexibility index (Phi) is 4.37. The summed E-state index contributed by atoms with van der Waals surface area (Å²) in [7, 11) is 0. The first-order valence-corrected chi connectivity index (χ1v) is 6.48. The van der Waals surface area contributed by atoms with Gasteiger partial charge < -0.3 is 14.8 Å². The maximum Gasteiger partial charge on any atom is 0.417 e. The standard InChI is InChI=1S/C14H11ClF3NO3/c1-7-2-5-11(22-7)12(13(20)21)19-8-3-4-10(15)9(6-8)14(16,17)18/h2-6,12,19H,1H3,(H,20,21). The predicted octanol–water partition coefficient (Wildman–Crippen LogP) is 4.50. The summed E-state index contributed by atoms with van der Waals surface area (Å²) in [6, 6.07) is 4.78. The molecule has 1 aromatic carbocycles. The van der Waals surface area contributed by atoms with E-state index in [0.717, 1.165) is 12.1 Å². The molecule has 1 unspecified atom stereocenters. The molecule has 1 aromatic heterocycles. The van der Waals surface area contributed by atoms with E-state index in [1.165, 1.54) is 12.1 Å². The molecule has 0 aliphatic heterocycles. The van der Waals surface area contributed by atoms with E-state index >= 15 is 0 Å². The molecule has 2 N–H and O–H groups in total. The summed E-state index contributed by atoms with van der Waals surface area (Å²) in [5.41, 5.74) is -1.07. The highest BCUT2D eigenvalue weighted by atomic mass is 35.5. The number of benzene rings is 1. The Morgan fingerprint density at radius 3 is 2.50 bits per heavy atom. The molecule has 1 heterocycles. The van der Waals surface area contributed by atoms with Crippen molar-refractivity contribution in [2.45, 2.75) is 19.1 Å². The van der Waals surface area contributed by atoms with Crippen molar-refractivity contribution in [1.82, 2.24) is 0 Å². The highest BCUT2D eigenvalue weighted by molar-refractivity contribution is 6.31. The van der Waals surface area contributed by atoms with Gasteiger partial charge in [0.1, 0.15) is 11.5 Å². The van der Waals surface area contributed by atoms with Gasteiger partial charge in [0.2, 0.25) is 0 Å². The molecule has 2 rings (SSSR count). The van der Waals surface area contributed by atoms with E-state index in [1.54, 1.807) is 13.0 Å². The number of furan rings is 1. The average molecular weight is 334 g/mol. The topological polar surface area (TPSA) is 62.5 Å². The highest BCUT2D eigenvalue weighted by Crippen LogP contribution is 2.36. The molecule has 0 aliphatic rings. The van der Waals surface area contributed by atoms with Gasteiger partial charge >= 0.3 is 12.1 Å². The minimum absolute atomic E-state index is 0.0295. The number of carbonyl (C=O) groups is 1. The van der Waals surface area contributed by atoms with Crippen LogP contribution in [0.2, 0.25) is 5.02 Å². The van der Waals surface area contributed by atoms with Gasteiger partial charge in [0.05, 0.1) is 10.6 Å². The molecule has 0 saturated carbocycles. The van der Waals surface area contributed by atoms with Gasteiger partial charge in [0.15, 0.2) is 6.04 Å².